The zero-order chi connectivity index (χ0) is 15.7. The van der Waals surface area contributed by atoms with Crippen molar-refractivity contribution >= 4 is 28.8 Å². The van der Waals surface area contributed by atoms with E-state index in [2.05, 4.69) is 20.3 Å². The van der Waals surface area contributed by atoms with Crippen molar-refractivity contribution in [3.63, 3.8) is 0 Å². The molecule has 1 N–H and O–H groups in total. The molecule has 1 aliphatic carbocycles. The molecule has 0 atom stereocenters. The molecular formula is C15H19ClN4OS. The quantitative estimate of drug-likeness (QED) is 0.809. The fraction of sp³-hybridized carbons (Fsp3) is 0.533. The summed E-state index contributed by atoms with van der Waals surface area (Å²) in [6.07, 6.45) is 2.46. The van der Waals surface area contributed by atoms with E-state index in [4.69, 9.17) is 16.3 Å². The number of nitrogens with zero attached hydrogens (tertiary/aromatic N) is 3. The van der Waals surface area contributed by atoms with Crippen molar-refractivity contribution < 1.29 is 4.74 Å². The van der Waals surface area contributed by atoms with Crippen LogP contribution in [0.2, 0.25) is 5.15 Å². The molecule has 118 valence electrons. The number of aryl methyl sites for hydroxylation is 2. The molecule has 2 aromatic heterocycles. The van der Waals surface area contributed by atoms with Gasteiger partial charge in [0.1, 0.15) is 11.0 Å². The fourth-order valence-corrected chi connectivity index (χ4v) is 3.12. The highest BCUT2D eigenvalue weighted by Gasteiger charge is 2.23. The van der Waals surface area contributed by atoms with Crippen molar-refractivity contribution in [2.24, 2.45) is 5.92 Å². The van der Waals surface area contributed by atoms with Crippen LogP contribution in [0, 0.1) is 26.7 Å². The number of aromatic nitrogens is 3. The molecule has 1 saturated carbocycles. The second kappa shape index (κ2) is 6.38. The Bertz CT molecular complexity index is 684. The fourth-order valence-electron chi connectivity index (χ4n) is 2.09. The molecule has 0 spiro atoms. The van der Waals surface area contributed by atoms with Gasteiger partial charge in [-0.05, 0) is 39.5 Å². The monoisotopic (exact) mass is 338 g/mol. The standard InChI is InChI=1S/C15H19ClN4OS/c1-8-13(16)19-15(21-7-11-4-5-11)20-14(8)17-6-12-9(2)18-10(3)22-12/h11H,4-7H2,1-3H3,(H,17,19,20). The van der Waals surface area contributed by atoms with E-state index in [0.29, 0.717) is 30.2 Å². The predicted molar refractivity (Wildman–Crippen MR) is 88.9 cm³/mol. The minimum absolute atomic E-state index is 0.349. The molecule has 5 nitrogen and oxygen atoms in total. The van der Waals surface area contributed by atoms with Gasteiger partial charge < -0.3 is 10.1 Å². The van der Waals surface area contributed by atoms with Gasteiger partial charge in [0.2, 0.25) is 0 Å². The van der Waals surface area contributed by atoms with Crippen LogP contribution in [0.25, 0.3) is 0 Å². The first kappa shape index (κ1) is 15.5. The van der Waals surface area contributed by atoms with E-state index < -0.39 is 0 Å². The van der Waals surface area contributed by atoms with Gasteiger partial charge in [0.05, 0.1) is 23.9 Å². The van der Waals surface area contributed by atoms with E-state index in [0.717, 1.165) is 22.1 Å². The lowest BCUT2D eigenvalue weighted by atomic mass is 10.3. The van der Waals surface area contributed by atoms with E-state index in [1.165, 1.54) is 17.7 Å². The average Bonchev–Trinajstić information content (AvgIpc) is 3.24. The van der Waals surface area contributed by atoms with Gasteiger partial charge in [-0.2, -0.15) is 9.97 Å². The van der Waals surface area contributed by atoms with E-state index in [9.17, 15) is 0 Å². The third-order valence-electron chi connectivity index (χ3n) is 3.63. The van der Waals surface area contributed by atoms with Crippen LogP contribution in [0.4, 0.5) is 5.82 Å². The van der Waals surface area contributed by atoms with Crippen LogP contribution in [0.15, 0.2) is 0 Å². The molecule has 0 saturated heterocycles. The minimum Gasteiger partial charge on any atom is -0.463 e. The zero-order valence-electron chi connectivity index (χ0n) is 12.9. The highest BCUT2D eigenvalue weighted by Crippen LogP contribution is 2.30. The minimum atomic E-state index is 0.349. The number of thiazole rings is 1. The van der Waals surface area contributed by atoms with Crippen LogP contribution in [-0.2, 0) is 6.54 Å². The van der Waals surface area contributed by atoms with Crippen molar-refractivity contribution in [2.45, 2.75) is 40.2 Å². The molecule has 22 heavy (non-hydrogen) atoms. The Kier molecular flexibility index (Phi) is 4.49. The lowest BCUT2D eigenvalue weighted by Crippen LogP contribution is -2.08. The smallest absolute Gasteiger partial charge is 0.319 e. The third-order valence-corrected chi connectivity index (χ3v) is 5.07. The van der Waals surface area contributed by atoms with Gasteiger partial charge in [0, 0.05) is 10.4 Å². The molecular weight excluding hydrogens is 320 g/mol. The maximum atomic E-state index is 6.19. The second-order valence-electron chi connectivity index (χ2n) is 5.62. The highest BCUT2D eigenvalue weighted by molar-refractivity contribution is 7.11. The van der Waals surface area contributed by atoms with E-state index in [-0.39, 0.29) is 0 Å². The van der Waals surface area contributed by atoms with Crippen LogP contribution in [0.3, 0.4) is 0 Å². The van der Waals surface area contributed by atoms with Gasteiger partial charge >= 0.3 is 6.01 Å². The van der Waals surface area contributed by atoms with Crippen molar-refractivity contribution in [3.05, 3.63) is 26.3 Å². The second-order valence-corrected chi connectivity index (χ2v) is 7.27. The van der Waals surface area contributed by atoms with Crippen molar-refractivity contribution in [2.75, 3.05) is 11.9 Å². The molecule has 0 unspecified atom stereocenters. The molecule has 3 rings (SSSR count). The van der Waals surface area contributed by atoms with E-state index in [1.807, 2.05) is 20.8 Å². The molecule has 2 heterocycles. The molecule has 0 aromatic carbocycles. The number of rotatable bonds is 6. The largest absolute Gasteiger partial charge is 0.463 e. The summed E-state index contributed by atoms with van der Waals surface area (Å²) in [6.45, 7) is 7.28. The Morgan fingerprint density at radius 3 is 2.64 bits per heavy atom. The maximum absolute atomic E-state index is 6.19. The Morgan fingerprint density at radius 1 is 1.23 bits per heavy atom. The van der Waals surface area contributed by atoms with Crippen LogP contribution >= 0.6 is 22.9 Å². The predicted octanol–water partition coefficient (Wildman–Crippen LogP) is 3.91. The summed E-state index contributed by atoms with van der Waals surface area (Å²) in [5, 5.41) is 4.82. The number of ether oxygens (including phenoxy) is 1. The van der Waals surface area contributed by atoms with Crippen LogP contribution in [0.1, 0.15) is 34.0 Å². The van der Waals surface area contributed by atoms with E-state index in [1.54, 1.807) is 11.3 Å². The van der Waals surface area contributed by atoms with Gasteiger partial charge in [-0.25, -0.2) is 4.98 Å². The first-order valence-electron chi connectivity index (χ1n) is 7.36. The normalized spacial score (nSPS) is 14.2. The summed E-state index contributed by atoms with van der Waals surface area (Å²) >= 11 is 7.88. The topological polar surface area (TPSA) is 59.9 Å². The van der Waals surface area contributed by atoms with E-state index >= 15 is 0 Å². The zero-order valence-corrected chi connectivity index (χ0v) is 14.5. The number of halogens is 1. The molecule has 0 radical (unpaired) electrons. The Morgan fingerprint density at radius 2 is 2.00 bits per heavy atom. The van der Waals surface area contributed by atoms with Gasteiger partial charge in [-0.3, -0.25) is 0 Å². The molecule has 1 fully saturated rings. The number of hydrogen-bond acceptors (Lipinski definition) is 6. The van der Waals surface area contributed by atoms with Crippen molar-refractivity contribution in [1.29, 1.82) is 0 Å². The lowest BCUT2D eigenvalue weighted by molar-refractivity contribution is 0.276. The third kappa shape index (κ3) is 3.67. The summed E-state index contributed by atoms with van der Waals surface area (Å²) < 4.78 is 5.63. The number of hydrogen-bond donors (Lipinski definition) is 1. The molecule has 0 bridgehead atoms. The molecule has 7 heteroatoms. The van der Waals surface area contributed by atoms with Crippen molar-refractivity contribution in [3.8, 4) is 6.01 Å². The summed E-state index contributed by atoms with van der Waals surface area (Å²) in [5.74, 6) is 1.37. The highest BCUT2D eigenvalue weighted by atomic mass is 35.5. The molecule has 1 aliphatic rings. The summed E-state index contributed by atoms with van der Waals surface area (Å²) in [5.41, 5.74) is 1.89. The van der Waals surface area contributed by atoms with Gasteiger partial charge in [0.15, 0.2) is 0 Å². The number of anilines is 1. The maximum Gasteiger partial charge on any atom is 0.319 e. The first-order chi connectivity index (χ1) is 10.5. The molecule has 2 aromatic rings. The molecule has 0 amide bonds. The Balaban J connectivity index is 1.71. The lowest BCUT2D eigenvalue weighted by Gasteiger charge is -2.11. The first-order valence-corrected chi connectivity index (χ1v) is 8.56. The van der Waals surface area contributed by atoms with Gasteiger partial charge in [0.25, 0.3) is 0 Å². The Hall–Kier alpha value is -1.40. The van der Waals surface area contributed by atoms with Crippen LogP contribution in [0.5, 0.6) is 6.01 Å². The molecule has 0 aliphatic heterocycles. The van der Waals surface area contributed by atoms with Crippen LogP contribution < -0.4 is 10.1 Å². The van der Waals surface area contributed by atoms with Gasteiger partial charge in [-0.1, -0.05) is 11.6 Å². The average molecular weight is 339 g/mol. The van der Waals surface area contributed by atoms with Gasteiger partial charge in [-0.15, -0.1) is 11.3 Å². The Labute approximate surface area is 139 Å². The van der Waals surface area contributed by atoms with Crippen LogP contribution in [-0.4, -0.2) is 21.6 Å². The summed E-state index contributed by atoms with van der Waals surface area (Å²) in [4.78, 5) is 14.3. The summed E-state index contributed by atoms with van der Waals surface area (Å²) in [6, 6.07) is 0.349. The van der Waals surface area contributed by atoms with Crippen molar-refractivity contribution in [1.82, 2.24) is 15.0 Å². The number of nitrogens with one attached hydrogen (secondary N) is 1. The SMILES string of the molecule is Cc1nc(C)c(CNc2nc(OCC3CC3)nc(Cl)c2C)s1. The summed E-state index contributed by atoms with van der Waals surface area (Å²) in [7, 11) is 0.